The molecule has 2 heterocycles. The fourth-order valence-electron chi connectivity index (χ4n) is 4.08. The van der Waals surface area contributed by atoms with Crippen molar-refractivity contribution in [2.45, 2.75) is 18.9 Å². The number of hydrogen-bond donors (Lipinski definition) is 0. The van der Waals surface area contributed by atoms with Crippen LogP contribution >= 0.6 is 0 Å². The third-order valence-corrected chi connectivity index (χ3v) is 5.88. The van der Waals surface area contributed by atoms with E-state index in [1.165, 1.54) is 19.2 Å². The zero-order valence-electron chi connectivity index (χ0n) is 18.1. The molecule has 0 saturated carbocycles. The van der Waals surface area contributed by atoms with Crippen LogP contribution in [0.2, 0.25) is 0 Å². The van der Waals surface area contributed by atoms with E-state index in [0.29, 0.717) is 56.3 Å². The minimum atomic E-state index is -0.558. The van der Waals surface area contributed by atoms with Gasteiger partial charge in [0.15, 0.2) is 11.6 Å². The minimum absolute atomic E-state index is 0.0147. The first-order valence-electron chi connectivity index (χ1n) is 10.8. The predicted octanol–water partition coefficient (Wildman–Crippen LogP) is 2.99. The lowest BCUT2D eigenvalue weighted by Crippen LogP contribution is -2.40. The van der Waals surface area contributed by atoms with Crippen LogP contribution in [-0.2, 0) is 4.74 Å². The molecule has 0 spiro atoms. The Hall–Kier alpha value is -3.13. The molecule has 2 aliphatic heterocycles. The summed E-state index contributed by atoms with van der Waals surface area (Å²) in [5.74, 6) is -0.0444. The fraction of sp³-hybridized carbons (Fsp3) is 0.417. The van der Waals surface area contributed by atoms with Gasteiger partial charge in [-0.2, -0.15) is 0 Å². The van der Waals surface area contributed by atoms with Crippen LogP contribution in [0, 0.1) is 5.82 Å². The molecule has 2 saturated heterocycles. The van der Waals surface area contributed by atoms with E-state index in [-0.39, 0.29) is 23.6 Å². The molecule has 170 valence electrons. The summed E-state index contributed by atoms with van der Waals surface area (Å²) in [6.45, 7) is 3.26. The first kappa shape index (κ1) is 22.1. The number of halogens is 1. The molecule has 2 fully saturated rings. The summed E-state index contributed by atoms with van der Waals surface area (Å²) in [5, 5.41) is 0. The van der Waals surface area contributed by atoms with Gasteiger partial charge in [-0.05, 0) is 55.3 Å². The first-order chi connectivity index (χ1) is 15.6. The number of methoxy groups -OCH3 is 1. The lowest BCUT2D eigenvalue weighted by atomic mass is 10.1. The molecule has 2 aromatic rings. The first-order valence-corrected chi connectivity index (χ1v) is 10.8. The van der Waals surface area contributed by atoms with Gasteiger partial charge in [-0.1, -0.05) is 0 Å². The molecule has 2 aromatic carbocycles. The highest BCUT2D eigenvalue weighted by Crippen LogP contribution is 2.24. The van der Waals surface area contributed by atoms with Crippen molar-refractivity contribution in [1.29, 1.82) is 0 Å². The van der Waals surface area contributed by atoms with Crippen molar-refractivity contribution < 1.29 is 28.2 Å². The maximum atomic E-state index is 14.0. The van der Waals surface area contributed by atoms with Crippen LogP contribution in [-0.4, -0.2) is 74.2 Å². The van der Waals surface area contributed by atoms with Crippen LogP contribution in [0.5, 0.6) is 11.5 Å². The summed E-state index contributed by atoms with van der Waals surface area (Å²) in [6, 6.07) is 11.2. The lowest BCUT2D eigenvalue weighted by Gasteiger charge is -2.27. The van der Waals surface area contributed by atoms with Gasteiger partial charge < -0.3 is 24.0 Å². The lowest BCUT2D eigenvalue weighted by molar-refractivity contribution is 0.0303. The molecular weight excluding hydrogens is 415 g/mol. The van der Waals surface area contributed by atoms with Crippen LogP contribution in [0.15, 0.2) is 42.5 Å². The van der Waals surface area contributed by atoms with Gasteiger partial charge >= 0.3 is 0 Å². The number of carbonyl (C=O) groups is 2. The van der Waals surface area contributed by atoms with Crippen molar-refractivity contribution in [3.8, 4) is 11.5 Å². The summed E-state index contributed by atoms with van der Waals surface area (Å²) < 4.78 is 30.1. The van der Waals surface area contributed by atoms with Gasteiger partial charge in [-0.3, -0.25) is 9.59 Å². The van der Waals surface area contributed by atoms with E-state index in [1.54, 1.807) is 40.1 Å². The third kappa shape index (κ3) is 4.85. The molecule has 0 aromatic heterocycles. The Kier molecular flexibility index (Phi) is 6.90. The largest absolute Gasteiger partial charge is 0.494 e. The second-order valence-corrected chi connectivity index (χ2v) is 7.88. The summed E-state index contributed by atoms with van der Waals surface area (Å²) in [6.07, 6.45) is 1.68. The quantitative estimate of drug-likeness (QED) is 0.688. The fourth-order valence-corrected chi connectivity index (χ4v) is 4.08. The Morgan fingerprint density at radius 3 is 2.44 bits per heavy atom. The third-order valence-electron chi connectivity index (χ3n) is 5.88. The molecule has 2 amide bonds. The van der Waals surface area contributed by atoms with Crippen molar-refractivity contribution in [3.05, 3.63) is 59.4 Å². The molecular formula is C24H27FN2O5. The van der Waals surface area contributed by atoms with E-state index in [1.807, 2.05) is 0 Å². The van der Waals surface area contributed by atoms with Gasteiger partial charge in [0.05, 0.1) is 26.4 Å². The number of carbonyl (C=O) groups excluding carboxylic acids is 2. The average Bonchev–Trinajstić information content (AvgIpc) is 3.31. The van der Waals surface area contributed by atoms with E-state index >= 15 is 0 Å². The van der Waals surface area contributed by atoms with Gasteiger partial charge in [0, 0.05) is 30.8 Å². The standard InChI is InChI=1S/C24H27FN2O5/c1-30-22-9-6-18(15-21(22)25)24(29)27-10-2-3-19(27)16-32-20-7-4-17(5-8-20)23(28)26-11-13-31-14-12-26/h4-9,15,19H,2-3,10-14,16H2,1H3. The van der Waals surface area contributed by atoms with Crippen LogP contribution in [0.4, 0.5) is 4.39 Å². The number of hydrogen-bond acceptors (Lipinski definition) is 5. The van der Waals surface area contributed by atoms with Crippen molar-refractivity contribution in [3.63, 3.8) is 0 Å². The molecule has 2 aliphatic rings. The molecule has 0 bridgehead atoms. The molecule has 8 heteroatoms. The maximum absolute atomic E-state index is 14.0. The van der Waals surface area contributed by atoms with Crippen molar-refractivity contribution >= 4 is 11.8 Å². The van der Waals surface area contributed by atoms with Crippen molar-refractivity contribution in [2.24, 2.45) is 0 Å². The second-order valence-electron chi connectivity index (χ2n) is 7.88. The molecule has 1 unspecified atom stereocenters. The Morgan fingerprint density at radius 1 is 1.03 bits per heavy atom. The molecule has 1 atom stereocenters. The van der Waals surface area contributed by atoms with Crippen LogP contribution in [0.25, 0.3) is 0 Å². The summed E-state index contributed by atoms with van der Waals surface area (Å²) >= 11 is 0. The molecule has 0 aliphatic carbocycles. The summed E-state index contributed by atoms with van der Waals surface area (Å²) in [4.78, 5) is 29.0. The highest BCUT2D eigenvalue weighted by atomic mass is 19.1. The number of ether oxygens (including phenoxy) is 3. The summed E-state index contributed by atoms with van der Waals surface area (Å²) in [7, 11) is 1.39. The Morgan fingerprint density at radius 2 is 1.75 bits per heavy atom. The SMILES string of the molecule is COc1ccc(C(=O)N2CCCC2COc2ccc(C(=O)N3CCOCC3)cc2)cc1F. The van der Waals surface area contributed by atoms with Gasteiger partial charge in [-0.15, -0.1) is 0 Å². The highest BCUT2D eigenvalue weighted by molar-refractivity contribution is 5.95. The van der Waals surface area contributed by atoms with Crippen LogP contribution in [0.1, 0.15) is 33.6 Å². The number of morpholine rings is 1. The van der Waals surface area contributed by atoms with Gasteiger partial charge in [0.2, 0.25) is 0 Å². The number of amides is 2. The van der Waals surface area contributed by atoms with E-state index in [2.05, 4.69) is 0 Å². The maximum Gasteiger partial charge on any atom is 0.254 e. The monoisotopic (exact) mass is 442 g/mol. The molecule has 0 radical (unpaired) electrons. The Labute approximate surface area is 186 Å². The van der Waals surface area contributed by atoms with Crippen molar-refractivity contribution in [2.75, 3.05) is 46.6 Å². The van der Waals surface area contributed by atoms with E-state index in [0.717, 1.165) is 12.8 Å². The Balaban J connectivity index is 1.35. The topological polar surface area (TPSA) is 68.3 Å². The molecule has 7 nitrogen and oxygen atoms in total. The zero-order chi connectivity index (χ0) is 22.5. The Bertz CT molecular complexity index is 959. The van der Waals surface area contributed by atoms with Crippen molar-refractivity contribution in [1.82, 2.24) is 9.80 Å². The van der Waals surface area contributed by atoms with Gasteiger partial charge in [0.1, 0.15) is 12.4 Å². The number of nitrogens with zero attached hydrogens (tertiary/aromatic N) is 2. The molecule has 32 heavy (non-hydrogen) atoms. The zero-order valence-corrected chi connectivity index (χ0v) is 18.1. The van der Waals surface area contributed by atoms with Crippen LogP contribution < -0.4 is 9.47 Å². The highest BCUT2D eigenvalue weighted by Gasteiger charge is 2.30. The average molecular weight is 442 g/mol. The van der Waals surface area contributed by atoms with Gasteiger partial charge in [0.25, 0.3) is 11.8 Å². The second kappa shape index (κ2) is 9.99. The number of benzene rings is 2. The normalized spacial score (nSPS) is 18.5. The van der Waals surface area contributed by atoms with Crippen LogP contribution in [0.3, 0.4) is 0 Å². The number of rotatable bonds is 6. The molecule has 4 rings (SSSR count). The minimum Gasteiger partial charge on any atom is -0.494 e. The summed E-state index contributed by atoms with van der Waals surface area (Å²) in [5.41, 5.74) is 0.902. The smallest absolute Gasteiger partial charge is 0.254 e. The number of likely N-dealkylation sites (tertiary alicyclic amines) is 1. The van der Waals surface area contributed by atoms with E-state index in [9.17, 15) is 14.0 Å². The van der Waals surface area contributed by atoms with E-state index < -0.39 is 5.82 Å². The molecule has 0 N–H and O–H groups in total. The van der Waals surface area contributed by atoms with E-state index in [4.69, 9.17) is 14.2 Å². The van der Waals surface area contributed by atoms with Gasteiger partial charge in [-0.25, -0.2) is 4.39 Å². The predicted molar refractivity (Wildman–Crippen MR) is 116 cm³/mol.